The van der Waals surface area contributed by atoms with E-state index in [2.05, 4.69) is 4.90 Å². The highest BCUT2D eigenvalue weighted by Gasteiger charge is 2.34. The lowest BCUT2D eigenvalue weighted by atomic mass is 9.95. The summed E-state index contributed by atoms with van der Waals surface area (Å²) in [6.45, 7) is 4.82. The molecule has 1 atom stereocenters. The minimum Gasteiger partial charge on any atom is -0.497 e. The van der Waals surface area contributed by atoms with E-state index in [9.17, 15) is 4.79 Å². The second-order valence-electron chi connectivity index (χ2n) is 9.25. The third-order valence-corrected chi connectivity index (χ3v) is 7.25. The van der Waals surface area contributed by atoms with Crippen LogP contribution >= 0.6 is 0 Å². The van der Waals surface area contributed by atoms with E-state index < -0.39 is 0 Å². The molecule has 6 nitrogen and oxygen atoms in total. The molecule has 1 saturated carbocycles. The molecule has 1 aromatic carbocycles. The van der Waals surface area contributed by atoms with E-state index in [4.69, 9.17) is 14.7 Å². The fraction of sp³-hybridized carbons (Fsp3) is 0.560. The minimum atomic E-state index is 0.108. The van der Waals surface area contributed by atoms with Crippen molar-refractivity contribution < 1.29 is 9.53 Å². The van der Waals surface area contributed by atoms with Crippen LogP contribution in [0.2, 0.25) is 0 Å². The standard InChI is InChI=1S/C25H32N4O2/c1-17-22-14-23(30)29(15-18-9-11-21(31-2)12-10-18)25(22)27-24(26-17)19-6-5-13-28(16-19)20-7-3-4-8-20/h9-12,19-20H,3-8,13-16H2,1-2H3/t19-/m1/s1. The minimum absolute atomic E-state index is 0.108. The molecule has 0 spiro atoms. The van der Waals surface area contributed by atoms with Crippen molar-refractivity contribution in [2.24, 2.45) is 0 Å². The van der Waals surface area contributed by atoms with Crippen molar-refractivity contribution >= 4 is 11.7 Å². The van der Waals surface area contributed by atoms with Gasteiger partial charge in [-0.2, -0.15) is 0 Å². The Morgan fingerprint density at radius 1 is 1.06 bits per heavy atom. The Bertz CT molecular complexity index is 953. The number of ether oxygens (including phenoxy) is 1. The van der Waals surface area contributed by atoms with E-state index in [1.165, 1.54) is 38.6 Å². The van der Waals surface area contributed by atoms with Gasteiger partial charge in [0.25, 0.3) is 0 Å². The molecule has 1 saturated heterocycles. The van der Waals surface area contributed by atoms with Crippen LogP contribution in [-0.2, 0) is 17.8 Å². The largest absolute Gasteiger partial charge is 0.497 e. The summed E-state index contributed by atoms with van der Waals surface area (Å²) in [5, 5.41) is 0. The van der Waals surface area contributed by atoms with Gasteiger partial charge >= 0.3 is 0 Å². The summed E-state index contributed by atoms with van der Waals surface area (Å²) in [6.07, 6.45) is 8.13. The van der Waals surface area contributed by atoms with Crippen molar-refractivity contribution in [1.82, 2.24) is 14.9 Å². The quantitative estimate of drug-likeness (QED) is 0.732. The van der Waals surface area contributed by atoms with Crippen molar-refractivity contribution in [3.63, 3.8) is 0 Å². The van der Waals surface area contributed by atoms with Crippen LogP contribution in [0.3, 0.4) is 0 Å². The monoisotopic (exact) mass is 420 g/mol. The van der Waals surface area contributed by atoms with E-state index in [-0.39, 0.29) is 5.91 Å². The van der Waals surface area contributed by atoms with Gasteiger partial charge in [-0.25, -0.2) is 9.97 Å². The maximum absolute atomic E-state index is 12.8. The summed E-state index contributed by atoms with van der Waals surface area (Å²) >= 11 is 0. The zero-order valence-corrected chi connectivity index (χ0v) is 18.6. The second kappa shape index (κ2) is 8.58. The topological polar surface area (TPSA) is 58.6 Å². The Labute approximate surface area is 184 Å². The molecule has 2 fully saturated rings. The molecule has 0 N–H and O–H groups in total. The Morgan fingerprint density at radius 3 is 2.58 bits per heavy atom. The van der Waals surface area contributed by atoms with Crippen LogP contribution in [0, 0.1) is 6.92 Å². The molecule has 0 radical (unpaired) electrons. The number of likely N-dealkylation sites (tertiary alicyclic amines) is 1. The van der Waals surface area contributed by atoms with Crippen LogP contribution in [0.5, 0.6) is 5.75 Å². The van der Waals surface area contributed by atoms with Gasteiger partial charge in [-0.15, -0.1) is 0 Å². The Kier molecular flexibility index (Phi) is 5.65. The van der Waals surface area contributed by atoms with Gasteiger partial charge in [-0.3, -0.25) is 14.6 Å². The summed E-state index contributed by atoms with van der Waals surface area (Å²) in [4.78, 5) is 27.3. The lowest BCUT2D eigenvalue weighted by molar-refractivity contribution is -0.117. The number of carbonyl (C=O) groups is 1. The highest BCUT2D eigenvalue weighted by Crippen LogP contribution is 2.35. The molecule has 0 unspecified atom stereocenters. The van der Waals surface area contributed by atoms with Gasteiger partial charge in [0.2, 0.25) is 5.91 Å². The summed E-state index contributed by atoms with van der Waals surface area (Å²) < 4.78 is 5.26. The van der Waals surface area contributed by atoms with Crippen molar-refractivity contribution in [3.05, 3.63) is 46.9 Å². The van der Waals surface area contributed by atoms with Crippen LogP contribution < -0.4 is 9.64 Å². The number of amides is 1. The maximum atomic E-state index is 12.8. The average Bonchev–Trinajstić information content (AvgIpc) is 3.44. The third kappa shape index (κ3) is 4.05. The number of aromatic nitrogens is 2. The van der Waals surface area contributed by atoms with Crippen LogP contribution in [0.4, 0.5) is 5.82 Å². The van der Waals surface area contributed by atoms with Crippen LogP contribution in [0.25, 0.3) is 0 Å². The molecule has 6 heteroatoms. The fourth-order valence-electron chi connectivity index (χ4n) is 5.47. The van der Waals surface area contributed by atoms with Gasteiger partial charge in [0.05, 0.1) is 20.1 Å². The van der Waals surface area contributed by atoms with E-state index in [1.54, 1.807) is 7.11 Å². The van der Waals surface area contributed by atoms with Gasteiger partial charge in [0.1, 0.15) is 17.4 Å². The first-order valence-electron chi connectivity index (χ1n) is 11.7. The normalized spacial score (nSPS) is 22.2. The molecule has 0 bridgehead atoms. The zero-order chi connectivity index (χ0) is 21.4. The maximum Gasteiger partial charge on any atom is 0.233 e. The Hall–Kier alpha value is -2.47. The predicted octanol–water partition coefficient (Wildman–Crippen LogP) is 4.00. The number of nitrogens with zero attached hydrogens (tertiary/aromatic N) is 4. The van der Waals surface area contributed by atoms with Gasteiger partial charge in [0, 0.05) is 29.8 Å². The van der Waals surface area contributed by atoms with Crippen LogP contribution in [0.15, 0.2) is 24.3 Å². The molecule has 5 rings (SSSR count). The number of aryl methyl sites for hydroxylation is 1. The molecule has 31 heavy (non-hydrogen) atoms. The molecule has 1 aromatic heterocycles. The first kappa shape index (κ1) is 20.4. The summed E-state index contributed by atoms with van der Waals surface area (Å²) in [5.74, 6) is 3.03. The number of anilines is 1. The second-order valence-corrected chi connectivity index (χ2v) is 9.25. The predicted molar refractivity (Wildman–Crippen MR) is 120 cm³/mol. The van der Waals surface area contributed by atoms with E-state index in [0.717, 1.165) is 53.2 Å². The highest BCUT2D eigenvalue weighted by atomic mass is 16.5. The number of methoxy groups -OCH3 is 1. The molecule has 3 aliphatic rings. The first-order chi connectivity index (χ1) is 15.1. The van der Waals surface area contributed by atoms with Crippen molar-refractivity contribution in [3.8, 4) is 5.75 Å². The fourth-order valence-corrected chi connectivity index (χ4v) is 5.47. The third-order valence-electron chi connectivity index (χ3n) is 7.25. The number of piperidine rings is 1. The Morgan fingerprint density at radius 2 is 1.84 bits per heavy atom. The van der Waals surface area contributed by atoms with Gasteiger partial charge in [-0.1, -0.05) is 25.0 Å². The van der Waals surface area contributed by atoms with Crippen LogP contribution in [-0.4, -0.2) is 47.0 Å². The number of hydrogen-bond donors (Lipinski definition) is 0. The SMILES string of the molecule is COc1ccc(CN2C(=O)Cc3c(C)nc([C@@H]4CCCN(C5CCCC5)C4)nc32)cc1. The lowest BCUT2D eigenvalue weighted by Gasteiger charge is -2.36. The summed E-state index contributed by atoms with van der Waals surface area (Å²) in [6, 6.07) is 8.64. The van der Waals surface area contributed by atoms with Crippen molar-refractivity contribution in [2.45, 2.75) is 70.4 Å². The molecule has 1 aliphatic carbocycles. The number of hydrogen-bond acceptors (Lipinski definition) is 5. The molecule has 164 valence electrons. The zero-order valence-electron chi connectivity index (χ0n) is 18.6. The van der Waals surface area contributed by atoms with Gasteiger partial charge in [0.15, 0.2) is 0 Å². The van der Waals surface area contributed by atoms with E-state index in [1.807, 2.05) is 36.1 Å². The van der Waals surface area contributed by atoms with Gasteiger partial charge in [-0.05, 0) is 56.8 Å². The average molecular weight is 421 g/mol. The van der Waals surface area contributed by atoms with E-state index >= 15 is 0 Å². The summed E-state index contributed by atoms with van der Waals surface area (Å²) in [7, 11) is 1.66. The molecule has 1 amide bonds. The molecular formula is C25H32N4O2. The van der Waals surface area contributed by atoms with Crippen molar-refractivity contribution in [2.75, 3.05) is 25.1 Å². The summed E-state index contributed by atoms with van der Waals surface area (Å²) in [5.41, 5.74) is 3.03. The molecular weight excluding hydrogens is 388 g/mol. The molecule has 2 aromatic rings. The molecule has 3 heterocycles. The van der Waals surface area contributed by atoms with Gasteiger partial charge < -0.3 is 4.74 Å². The lowest BCUT2D eigenvalue weighted by Crippen LogP contribution is -2.41. The molecule has 2 aliphatic heterocycles. The van der Waals surface area contributed by atoms with Crippen molar-refractivity contribution in [1.29, 1.82) is 0 Å². The highest BCUT2D eigenvalue weighted by molar-refractivity contribution is 6.00. The number of carbonyl (C=O) groups excluding carboxylic acids is 1. The van der Waals surface area contributed by atoms with E-state index in [0.29, 0.717) is 18.9 Å². The number of rotatable bonds is 5. The smallest absolute Gasteiger partial charge is 0.233 e. The number of fused-ring (bicyclic) bond motifs is 1. The first-order valence-corrected chi connectivity index (χ1v) is 11.7. The van der Waals surface area contributed by atoms with Crippen LogP contribution in [0.1, 0.15) is 67.1 Å². The Balaban J connectivity index is 1.39. The number of benzene rings is 1.